The van der Waals surface area contributed by atoms with Crippen molar-refractivity contribution in [1.29, 1.82) is 0 Å². The fraction of sp³-hybridized carbons (Fsp3) is 0.867. The first-order valence-electron chi connectivity index (χ1n) is 8.00. The van der Waals surface area contributed by atoms with Crippen molar-refractivity contribution in [1.82, 2.24) is 20.0 Å². The Morgan fingerprint density at radius 3 is 2.05 bits per heavy atom. The van der Waals surface area contributed by atoms with Crippen molar-refractivity contribution in [2.75, 3.05) is 46.3 Å². The van der Waals surface area contributed by atoms with Crippen LogP contribution < -0.4 is 5.32 Å². The van der Waals surface area contributed by atoms with Gasteiger partial charge in [0.15, 0.2) is 0 Å². The molecular formula is C15H28N4O2. The van der Waals surface area contributed by atoms with Gasteiger partial charge in [-0.3, -0.25) is 4.79 Å². The van der Waals surface area contributed by atoms with E-state index in [-0.39, 0.29) is 23.9 Å². The molecule has 21 heavy (non-hydrogen) atoms. The highest BCUT2D eigenvalue weighted by Gasteiger charge is 2.27. The van der Waals surface area contributed by atoms with Crippen LogP contribution in [-0.2, 0) is 4.79 Å². The van der Waals surface area contributed by atoms with Crippen molar-refractivity contribution in [3.05, 3.63) is 0 Å². The summed E-state index contributed by atoms with van der Waals surface area (Å²) in [6, 6.07) is 0.255. The smallest absolute Gasteiger partial charge is 0.317 e. The molecule has 2 heterocycles. The maximum absolute atomic E-state index is 12.2. The van der Waals surface area contributed by atoms with Crippen molar-refractivity contribution in [3.8, 4) is 0 Å². The summed E-state index contributed by atoms with van der Waals surface area (Å²) in [5.74, 6) is 0.278. The van der Waals surface area contributed by atoms with Crippen LogP contribution in [0.4, 0.5) is 4.79 Å². The van der Waals surface area contributed by atoms with Crippen LogP contribution in [0, 0.1) is 5.92 Å². The molecule has 6 nitrogen and oxygen atoms in total. The zero-order chi connectivity index (χ0) is 15.4. The number of carbonyl (C=O) groups is 2. The number of carbonyl (C=O) groups excluding carboxylic acids is 2. The first-order chi connectivity index (χ1) is 9.97. The number of urea groups is 1. The van der Waals surface area contributed by atoms with Crippen molar-refractivity contribution in [2.45, 2.75) is 32.7 Å². The van der Waals surface area contributed by atoms with Gasteiger partial charge in [0, 0.05) is 51.2 Å². The number of piperidine rings is 1. The molecule has 2 rings (SSSR count). The number of hydrogen-bond acceptors (Lipinski definition) is 3. The normalized spacial score (nSPS) is 21.7. The molecule has 3 amide bonds. The van der Waals surface area contributed by atoms with Crippen molar-refractivity contribution >= 4 is 11.9 Å². The lowest BCUT2D eigenvalue weighted by molar-refractivity contribution is -0.135. The van der Waals surface area contributed by atoms with E-state index in [1.54, 1.807) is 0 Å². The van der Waals surface area contributed by atoms with Crippen LogP contribution in [0.15, 0.2) is 0 Å². The monoisotopic (exact) mass is 296 g/mol. The first kappa shape index (κ1) is 16.1. The summed E-state index contributed by atoms with van der Waals surface area (Å²) in [6.45, 7) is 8.85. The van der Waals surface area contributed by atoms with E-state index < -0.39 is 0 Å². The minimum atomic E-state index is 0.0525. The molecule has 6 heteroatoms. The second-order valence-corrected chi connectivity index (χ2v) is 6.49. The summed E-state index contributed by atoms with van der Waals surface area (Å²) in [7, 11) is 2.08. The Bertz CT molecular complexity index is 370. The largest absolute Gasteiger partial charge is 0.342 e. The summed E-state index contributed by atoms with van der Waals surface area (Å²) in [4.78, 5) is 30.2. The minimum Gasteiger partial charge on any atom is -0.342 e. The van der Waals surface area contributed by atoms with Gasteiger partial charge in [-0.25, -0.2) is 4.79 Å². The van der Waals surface area contributed by atoms with Crippen LogP contribution in [0.2, 0.25) is 0 Å². The number of piperazine rings is 1. The first-order valence-corrected chi connectivity index (χ1v) is 8.00. The van der Waals surface area contributed by atoms with Crippen molar-refractivity contribution in [3.63, 3.8) is 0 Å². The van der Waals surface area contributed by atoms with Crippen LogP contribution in [-0.4, -0.2) is 79.0 Å². The van der Waals surface area contributed by atoms with E-state index in [2.05, 4.69) is 17.3 Å². The molecule has 0 aliphatic carbocycles. The summed E-state index contributed by atoms with van der Waals surface area (Å²) < 4.78 is 0. The summed E-state index contributed by atoms with van der Waals surface area (Å²) >= 11 is 0. The van der Waals surface area contributed by atoms with Gasteiger partial charge in [0.25, 0.3) is 0 Å². The Hall–Kier alpha value is -1.30. The maximum atomic E-state index is 12.2. The van der Waals surface area contributed by atoms with Gasteiger partial charge in [0.2, 0.25) is 5.91 Å². The third-order valence-electron chi connectivity index (χ3n) is 4.42. The Morgan fingerprint density at radius 2 is 1.52 bits per heavy atom. The molecule has 0 aromatic carbocycles. The predicted octanol–water partition coefficient (Wildman–Crippen LogP) is 0.590. The summed E-state index contributed by atoms with van der Waals surface area (Å²) in [5, 5.41) is 3.12. The molecule has 2 aliphatic heterocycles. The molecule has 0 radical (unpaired) electrons. The lowest BCUT2D eigenvalue weighted by Gasteiger charge is -2.36. The van der Waals surface area contributed by atoms with Gasteiger partial charge in [-0.1, -0.05) is 13.8 Å². The number of likely N-dealkylation sites (N-methyl/N-ethyl adjacent to an activating group) is 1. The fourth-order valence-electron chi connectivity index (χ4n) is 2.88. The molecule has 0 unspecified atom stereocenters. The van der Waals surface area contributed by atoms with E-state index in [0.717, 1.165) is 52.1 Å². The van der Waals surface area contributed by atoms with E-state index in [0.29, 0.717) is 0 Å². The van der Waals surface area contributed by atoms with Crippen molar-refractivity contribution in [2.24, 2.45) is 5.92 Å². The third kappa shape index (κ3) is 4.33. The number of amides is 3. The molecule has 2 aliphatic rings. The number of rotatable bonds is 2. The van der Waals surface area contributed by atoms with Crippen LogP contribution in [0.25, 0.3) is 0 Å². The zero-order valence-electron chi connectivity index (χ0n) is 13.5. The SMILES string of the molecule is CC(C)C(=O)N1CCC(NC(=O)N2CCN(C)CC2)CC1. The van der Waals surface area contributed by atoms with Gasteiger partial charge in [-0.2, -0.15) is 0 Å². The predicted molar refractivity (Wildman–Crippen MR) is 82.0 cm³/mol. The minimum absolute atomic E-state index is 0.0525. The van der Waals surface area contributed by atoms with Crippen LogP contribution in [0.3, 0.4) is 0 Å². The number of likely N-dealkylation sites (tertiary alicyclic amines) is 1. The number of hydrogen-bond donors (Lipinski definition) is 1. The Labute approximate surface area is 127 Å². The maximum Gasteiger partial charge on any atom is 0.317 e. The topological polar surface area (TPSA) is 55.9 Å². The van der Waals surface area contributed by atoms with Crippen LogP contribution >= 0.6 is 0 Å². The molecular weight excluding hydrogens is 268 g/mol. The molecule has 2 fully saturated rings. The molecule has 0 bridgehead atoms. The third-order valence-corrected chi connectivity index (χ3v) is 4.42. The molecule has 0 spiro atoms. The van der Waals surface area contributed by atoms with Gasteiger partial charge in [-0.15, -0.1) is 0 Å². The van der Waals surface area contributed by atoms with Crippen molar-refractivity contribution < 1.29 is 9.59 Å². The molecule has 2 saturated heterocycles. The Balaban J connectivity index is 1.73. The molecule has 0 aromatic rings. The molecule has 1 N–H and O–H groups in total. The molecule has 0 aromatic heterocycles. The summed E-state index contributed by atoms with van der Waals surface area (Å²) in [5.41, 5.74) is 0. The second-order valence-electron chi connectivity index (χ2n) is 6.49. The van der Waals surface area contributed by atoms with Gasteiger partial charge in [-0.05, 0) is 19.9 Å². The van der Waals surface area contributed by atoms with Gasteiger partial charge >= 0.3 is 6.03 Å². The van der Waals surface area contributed by atoms with E-state index in [1.807, 2.05) is 23.6 Å². The molecule has 0 atom stereocenters. The quantitative estimate of drug-likeness (QED) is 0.811. The van der Waals surface area contributed by atoms with Gasteiger partial charge < -0.3 is 20.0 Å². The summed E-state index contributed by atoms with van der Waals surface area (Å²) in [6.07, 6.45) is 1.72. The Kier molecular flexibility index (Phi) is 5.45. The second kappa shape index (κ2) is 7.11. The lowest BCUT2D eigenvalue weighted by Crippen LogP contribution is -2.54. The molecule has 120 valence electrons. The van der Waals surface area contributed by atoms with E-state index in [1.165, 1.54) is 0 Å². The lowest BCUT2D eigenvalue weighted by atomic mass is 10.0. The van der Waals surface area contributed by atoms with E-state index >= 15 is 0 Å². The highest BCUT2D eigenvalue weighted by molar-refractivity contribution is 5.78. The van der Waals surface area contributed by atoms with E-state index in [4.69, 9.17) is 0 Å². The number of nitrogens with zero attached hydrogens (tertiary/aromatic N) is 3. The van der Waals surface area contributed by atoms with Crippen LogP contribution in [0.5, 0.6) is 0 Å². The number of nitrogens with one attached hydrogen (secondary N) is 1. The van der Waals surface area contributed by atoms with Crippen LogP contribution in [0.1, 0.15) is 26.7 Å². The zero-order valence-corrected chi connectivity index (χ0v) is 13.5. The van der Waals surface area contributed by atoms with Gasteiger partial charge in [0.1, 0.15) is 0 Å². The average molecular weight is 296 g/mol. The highest BCUT2D eigenvalue weighted by atomic mass is 16.2. The molecule has 0 saturated carbocycles. The van der Waals surface area contributed by atoms with Gasteiger partial charge in [0.05, 0.1) is 0 Å². The average Bonchev–Trinajstić information content (AvgIpc) is 2.47. The standard InChI is InChI=1S/C15H28N4O2/c1-12(2)14(20)18-6-4-13(5-7-18)16-15(21)19-10-8-17(3)9-11-19/h12-13H,4-11H2,1-3H3,(H,16,21). The fourth-order valence-corrected chi connectivity index (χ4v) is 2.88. The Morgan fingerprint density at radius 1 is 0.952 bits per heavy atom. The van der Waals surface area contributed by atoms with E-state index in [9.17, 15) is 9.59 Å². The highest BCUT2D eigenvalue weighted by Crippen LogP contribution is 2.14.